The van der Waals surface area contributed by atoms with Gasteiger partial charge in [-0.05, 0) is 71.5 Å². The molecular weight excluding hydrogens is 248 g/mol. The van der Waals surface area contributed by atoms with Crippen molar-refractivity contribution in [3.8, 4) is 0 Å². The quantitative estimate of drug-likeness (QED) is 0.893. The molecule has 1 aromatic rings. The Morgan fingerprint density at radius 3 is 2.70 bits per heavy atom. The van der Waals surface area contributed by atoms with Gasteiger partial charge in [-0.15, -0.1) is 0 Å². The molecule has 2 fully saturated rings. The summed E-state index contributed by atoms with van der Waals surface area (Å²) in [5.41, 5.74) is 1.39. The number of nitrogens with zero attached hydrogens (tertiary/aromatic N) is 1. The van der Waals surface area contributed by atoms with Gasteiger partial charge in [-0.2, -0.15) is 0 Å². The minimum atomic E-state index is 0.488. The molecule has 1 saturated carbocycles. The summed E-state index contributed by atoms with van der Waals surface area (Å²) in [6.45, 7) is 10.1. The van der Waals surface area contributed by atoms with Gasteiger partial charge < -0.3 is 9.73 Å². The van der Waals surface area contributed by atoms with Crippen LogP contribution in [0.2, 0.25) is 0 Å². The standard InChI is InChI=1S/C17H28N2O/c1-12-9-17(14(3)20-12)13(2)19(16-6-7-16)11-15-5-4-8-18-10-15/h9,13,15-16,18H,4-8,10-11H2,1-3H3. The van der Waals surface area contributed by atoms with Crippen LogP contribution >= 0.6 is 0 Å². The van der Waals surface area contributed by atoms with E-state index in [2.05, 4.69) is 37.1 Å². The van der Waals surface area contributed by atoms with Crippen molar-refractivity contribution in [1.29, 1.82) is 0 Å². The Hall–Kier alpha value is -0.800. The summed E-state index contributed by atoms with van der Waals surface area (Å²) in [5.74, 6) is 2.96. The third-order valence-corrected chi connectivity index (χ3v) is 4.91. The lowest BCUT2D eigenvalue weighted by Crippen LogP contribution is -2.40. The Kier molecular flexibility index (Phi) is 4.18. The monoisotopic (exact) mass is 276 g/mol. The van der Waals surface area contributed by atoms with E-state index < -0.39 is 0 Å². The molecule has 3 heteroatoms. The normalized spacial score (nSPS) is 25.1. The van der Waals surface area contributed by atoms with Gasteiger partial charge in [-0.25, -0.2) is 0 Å². The molecule has 0 radical (unpaired) electrons. The zero-order chi connectivity index (χ0) is 14.1. The fraction of sp³-hybridized carbons (Fsp3) is 0.765. The molecule has 0 spiro atoms. The average Bonchev–Trinajstić information content (AvgIpc) is 3.22. The van der Waals surface area contributed by atoms with Crippen molar-refractivity contribution in [1.82, 2.24) is 10.2 Å². The molecular formula is C17H28N2O. The Morgan fingerprint density at radius 1 is 1.35 bits per heavy atom. The summed E-state index contributed by atoms with van der Waals surface area (Å²) in [6.07, 6.45) is 5.47. The Morgan fingerprint density at radius 2 is 2.15 bits per heavy atom. The van der Waals surface area contributed by atoms with Crippen molar-refractivity contribution in [2.45, 2.75) is 58.5 Å². The average molecular weight is 276 g/mol. The molecule has 1 aromatic heterocycles. The van der Waals surface area contributed by atoms with Crippen LogP contribution in [0.4, 0.5) is 0 Å². The van der Waals surface area contributed by atoms with Gasteiger partial charge in [0.1, 0.15) is 11.5 Å². The molecule has 1 aliphatic carbocycles. The van der Waals surface area contributed by atoms with Crippen molar-refractivity contribution in [2.24, 2.45) is 5.92 Å². The van der Waals surface area contributed by atoms with Crippen molar-refractivity contribution >= 4 is 0 Å². The number of hydrogen-bond acceptors (Lipinski definition) is 3. The maximum atomic E-state index is 5.74. The lowest BCUT2D eigenvalue weighted by molar-refractivity contribution is 0.153. The second kappa shape index (κ2) is 5.90. The van der Waals surface area contributed by atoms with Crippen LogP contribution in [0, 0.1) is 19.8 Å². The number of nitrogens with one attached hydrogen (secondary N) is 1. The van der Waals surface area contributed by atoms with Gasteiger partial charge in [0, 0.05) is 24.2 Å². The molecule has 1 aliphatic heterocycles. The zero-order valence-electron chi connectivity index (χ0n) is 13.1. The third-order valence-electron chi connectivity index (χ3n) is 4.91. The lowest BCUT2D eigenvalue weighted by Gasteiger charge is -2.34. The maximum Gasteiger partial charge on any atom is 0.105 e. The summed E-state index contributed by atoms with van der Waals surface area (Å²) in [5, 5.41) is 3.55. The van der Waals surface area contributed by atoms with Crippen LogP contribution in [0.3, 0.4) is 0 Å². The van der Waals surface area contributed by atoms with E-state index in [9.17, 15) is 0 Å². The number of hydrogen-bond donors (Lipinski definition) is 1. The summed E-state index contributed by atoms with van der Waals surface area (Å²) < 4.78 is 5.74. The van der Waals surface area contributed by atoms with Crippen molar-refractivity contribution in [3.05, 3.63) is 23.2 Å². The Bertz CT molecular complexity index is 444. The molecule has 2 unspecified atom stereocenters. The van der Waals surface area contributed by atoms with E-state index >= 15 is 0 Å². The van der Waals surface area contributed by atoms with E-state index in [-0.39, 0.29) is 0 Å². The number of furan rings is 1. The van der Waals surface area contributed by atoms with Crippen LogP contribution in [0.15, 0.2) is 10.5 Å². The molecule has 3 rings (SSSR count). The van der Waals surface area contributed by atoms with Crippen LogP contribution in [-0.2, 0) is 0 Å². The van der Waals surface area contributed by atoms with Gasteiger partial charge in [0.2, 0.25) is 0 Å². The van der Waals surface area contributed by atoms with Gasteiger partial charge in [-0.3, -0.25) is 4.90 Å². The highest BCUT2D eigenvalue weighted by Crippen LogP contribution is 2.37. The van der Waals surface area contributed by atoms with Gasteiger partial charge >= 0.3 is 0 Å². The van der Waals surface area contributed by atoms with Gasteiger partial charge in [0.15, 0.2) is 0 Å². The number of aryl methyl sites for hydroxylation is 2. The highest BCUT2D eigenvalue weighted by atomic mass is 16.3. The highest BCUT2D eigenvalue weighted by molar-refractivity contribution is 5.24. The molecule has 2 aliphatic rings. The van der Waals surface area contributed by atoms with E-state index in [1.165, 1.54) is 50.9 Å². The van der Waals surface area contributed by atoms with Crippen LogP contribution in [-0.4, -0.2) is 30.6 Å². The largest absolute Gasteiger partial charge is 0.466 e. The van der Waals surface area contributed by atoms with Crippen LogP contribution < -0.4 is 5.32 Å². The molecule has 3 nitrogen and oxygen atoms in total. The predicted octanol–water partition coefficient (Wildman–Crippen LogP) is 3.42. The minimum absolute atomic E-state index is 0.488. The number of piperidine rings is 1. The second-order valence-corrected chi connectivity index (χ2v) is 6.68. The molecule has 1 N–H and O–H groups in total. The first-order chi connectivity index (χ1) is 9.65. The maximum absolute atomic E-state index is 5.74. The van der Waals surface area contributed by atoms with Crippen LogP contribution in [0.25, 0.3) is 0 Å². The molecule has 0 aromatic carbocycles. The molecule has 2 atom stereocenters. The second-order valence-electron chi connectivity index (χ2n) is 6.68. The number of rotatable bonds is 5. The lowest BCUT2D eigenvalue weighted by atomic mass is 9.97. The van der Waals surface area contributed by atoms with Gasteiger partial charge in [-0.1, -0.05) is 0 Å². The highest BCUT2D eigenvalue weighted by Gasteiger charge is 2.35. The fourth-order valence-electron chi connectivity index (χ4n) is 3.65. The first-order valence-electron chi connectivity index (χ1n) is 8.18. The minimum Gasteiger partial charge on any atom is -0.466 e. The van der Waals surface area contributed by atoms with E-state index in [0.29, 0.717) is 6.04 Å². The van der Waals surface area contributed by atoms with Crippen LogP contribution in [0.1, 0.15) is 55.7 Å². The molecule has 2 heterocycles. The fourth-order valence-corrected chi connectivity index (χ4v) is 3.65. The van der Waals surface area contributed by atoms with Crippen LogP contribution in [0.5, 0.6) is 0 Å². The van der Waals surface area contributed by atoms with Crippen molar-refractivity contribution < 1.29 is 4.42 Å². The first-order valence-corrected chi connectivity index (χ1v) is 8.18. The van der Waals surface area contributed by atoms with E-state index in [0.717, 1.165) is 23.5 Å². The van der Waals surface area contributed by atoms with Gasteiger partial charge in [0.05, 0.1) is 0 Å². The van der Waals surface area contributed by atoms with Crippen molar-refractivity contribution in [2.75, 3.05) is 19.6 Å². The Balaban J connectivity index is 1.71. The van der Waals surface area contributed by atoms with E-state index in [1.807, 2.05) is 0 Å². The van der Waals surface area contributed by atoms with Gasteiger partial charge in [0.25, 0.3) is 0 Å². The van der Waals surface area contributed by atoms with Crippen molar-refractivity contribution in [3.63, 3.8) is 0 Å². The molecule has 112 valence electrons. The summed E-state index contributed by atoms with van der Waals surface area (Å²) in [6, 6.07) is 3.53. The summed E-state index contributed by atoms with van der Waals surface area (Å²) in [4.78, 5) is 2.73. The molecule has 0 amide bonds. The SMILES string of the molecule is Cc1cc(C(C)N(CC2CCCNC2)C2CC2)c(C)o1. The third kappa shape index (κ3) is 3.09. The topological polar surface area (TPSA) is 28.4 Å². The molecule has 0 bridgehead atoms. The summed E-state index contributed by atoms with van der Waals surface area (Å²) in [7, 11) is 0. The zero-order valence-corrected chi connectivity index (χ0v) is 13.1. The Labute approximate surface area is 122 Å². The predicted molar refractivity (Wildman–Crippen MR) is 81.9 cm³/mol. The van der Waals surface area contributed by atoms with E-state index in [1.54, 1.807) is 0 Å². The molecule has 20 heavy (non-hydrogen) atoms. The smallest absolute Gasteiger partial charge is 0.105 e. The molecule has 1 saturated heterocycles. The van der Waals surface area contributed by atoms with E-state index in [4.69, 9.17) is 4.42 Å². The first kappa shape index (κ1) is 14.2. The summed E-state index contributed by atoms with van der Waals surface area (Å²) >= 11 is 0.